The molecule has 5 rings (SSSR count). The van der Waals surface area contributed by atoms with Gasteiger partial charge in [-0.2, -0.15) is 0 Å². The first-order valence-corrected chi connectivity index (χ1v) is 19.3. The Bertz CT molecular complexity index is 1710. The van der Waals surface area contributed by atoms with Gasteiger partial charge in [0.15, 0.2) is 0 Å². The maximum Gasteiger partial charge on any atom is 0.413 e. The van der Waals surface area contributed by atoms with Gasteiger partial charge in [-0.1, -0.05) is 78.9 Å². The van der Waals surface area contributed by atoms with Crippen LogP contribution in [0.3, 0.4) is 0 Å². The lowest BCUT2D eigenvalue weighted by molar-refractivity contribution is -0.0623. The fraction of sp³-hybridized carbons (Fsp3) is 0.500. The van der Waals surface area contributed by atoms with Crippen LogP contribution in [0.1, 0.15) is 72.9 Å². The monoisotopic (exact) mass is 735 g/mol. The number of hydrogen-bond donors (Lipinski definition) is 0. The van der Waals surface area contributed by atoms with Gasteiger partial charge in [-0.25, -0.2) is 18.0 Å². The summed E-state index contributed by atoms with van der Waals surface area (Å²) in [7, 11) is -4.36. The van der Waals surface area contributed by atoms with Crippen molar-refractivity contribution in [3.63, 3.8) is 0 Å². The number of carbonyl (C=O) groups is 2. The van der Waals surface area contributed by atoms with Crippen molar-refractivity contribution in [1.29, 1.82) is 0 Å². The Morgan fingerprint density at radius 1 is 0.692 bits per heavy atom. The number of nitrogens with zero attached hydrogens (tertiary/aromatic N) is 3. The number of hydrogen-bond acceptors (Lipinski definition) is 9. The molecule has 2 saturated heterocycles. The van der Waals surface area contributed by atoms with Crippen LogP contribution in [0.2, 0.25) is 0 Å². The first kappa shape index (κ1) is 39.2. The third kappa shape index (κ3) is 8.62. The van der Waals surface area contributed by atoms with Crippen LogP contribution in [0.15, 0.2) is 95.9 Å². The zero-order chi connectivity index (χ0) is 38.0. The molecule has 2 aliphatic rings. The van der Waals surface area contributed by atoms with Crippen LogP contribution in [0.25, 0.3) is 0 Å². The summed E-state index contributed by atoms with van der Waals surface area (Å²) in [5, 5.41) is 0. The van der Waals surface area contributed by atoms with Crippen LogP contribution >= 0.6 is 0 Å². The summed E-state index contributed by atoms with van der Waals surface area (Å²) in [6.45, 7) is 15.7. The third-order valence-electron chi connectivity index (χ3n) is 9.68. The standard InChI is InChI=1S/C40H53N3O8S/c1-37(2)28-49-39(5,6)42(37)35(44)48-25-24-33(41(26-30-18-12-9-13-19-30)27-31-20-14-10-15-21-31)34(52(46,47)32-22-16-11-17-23-32)51-36(45)43-38(3,4)29-50-40(43,7)8/h9-23,33-34H,24-29H2,1-8H3/t33-,34-/m0/s1. The largest absolute Gasteiger partial charge is 0.449 e. The highest BCUT2D eigenvalue weighted by Gasteiger charge is 2.53. The molecule has 282 valence electrons. The molecule has 0 N–H and O–H groups in total. The molecule has 0 spiro atoms. The van der Waals surface area contributed by atoms with E-state index in [-0.39, 0.29) is 24.5 Å². The molecule has 0 saturated carbocycles. The molecular formula is C40H53N3O8S. The van der Waals surface area contributed by atoms with Crippen LogP contribution in [0.4, 0.5) is 9.59 Å². The fourth-order valence-corrected chi connectivity index (χ4v) is 9.09. The number of carbonyl (C=O) groups excluding carboxylic acids is 2. The SMILES string of the molecule is CC1(C)COC(C)(C)N1C(=O)OCC[C@@H]([C@@H](OC(=O)N1C(C)(C)COC1(C)C)S(=O)(=O)c1ccccc1)N(Cc1ccccc1)Cc1ccccc1. The van der Waals surface area contributed by atoms with Crippen molar-refractivity contribution in [1.82, 2.24) is 14.7 Å². The quantitative estimate of drug-likeness (QED) is 0.190. The smallest absolute Gasteiger partial charge is 0.413 e. The molecule has 3 aromatic rings. The molecule has 0 aromatic heterocycles. The van der Waals surface area contributed by atoms with Crippen LogP contribution in [0, 0.1) is 0 Å². The Hall–Kier alpha value is -3.97. The van der Waals surface area contributed by atoms with Crippen molar-refractivity contribution in [3.05, 3.63) is 102 Å². The van der Waals surface area contributed by atoms with Gasteiger partial charge in [0.25, 0.3) is 0 Å². The number of benzene rings is 3. The zero-order valence-electron chi connectivity index (χ0n) is 31.6. The number of amides is 2. The van der Waals surface area contributed by atoms with Crippen molar-refractivity contribution in [2.24, 2.45) is 0 Å². The summed E-state index contributed by atoms with van der Waals surface area (Å²) in [4.78, 5) is 33.0. The average molecular weight is 736 g/mol. The summed E-state index contributed by atoms with van der Waals surface area (Å²) >= 11 is 0. The second kappa shape index (κ2) is 15.2. The predicted octanol–water partition coefficient (Wildman–Crippen LogP) is 7.21. The summed E-state index contributed by atoms with van der Waals surface area (Å²) in [6.07, 6.45) is -1.38. The van der Waals surface area contributed by atoms with Crippen molar-refractivity contribution >= 4 is 22.0 Å². The second-order valence-electron chi connectivity index (χ2n) is 15.7. The minimum atomic E-state index is -4.36. The maximum atomic E-state index is 14.8. The lowest BCUT2D eigenvalue weighted by atomic mass is 10.0. The van der Waals surface area contributed by atoms with Crippen molar-refractivity contribution < 1.29 is 37.0 Å². The molecule has 0 unspecified atom stereocenters. The summed E-state index contributed by atoms with van der Waals surface area (Å²) < 4.78 is 53.8. The maximum absolute atomic E-state index is 14.8. The normalized spacial score (nSPS) is 20.0. The van der Waals surface area contributed by atoms with Crippen LogP contribution in [0.5, 0.6) is 0 Å². The highest BCUT2D eigenvalue weighted by molar-refractivity contribution is 7.92. The van der Waals surface area contributed by atoms with E-state index >= 15 is 0 Å². The number of ether oxygens (including phenoxy) is 4. The lowest BCUT2D eigenvalue weighted by Crippen LogP contribution is -2.56. The first-order chi connectivity index (χ1) is 24.3. The molecule has 0 aliphatic carbocycles. The van der Waals surface area contributed by atoms with Crippen LogP contribution < -0.4 is 0 Å². The van der Waals surface area contributed by atoms with E-state index in [1.165, 1.54) is 17.0 Å². The van der Waals surface area contributed by atoms with Crippen LogP contribution in [-0.4, -0.2) is 89.1 Å². The molecule has 2 heterocycles. The van der Waals surface area contributed by atoms with Gasteiger partial charge in [0.2, 0.25) is 15.3 Å². The van der Waals surface area contributed by atoms with Crippen molar-refractivity contribution in [2.45, 2.75) is 114 Å². The van der Waals surface area contributed by atoms with E-state index in [1.807, 2.05) is 93.3 Å². The van der Waals surface area contributed by atoms with Crippen molar-refractivity contribution in [3.8, 4) is 0 Å². The summed E-state index contributed by atoms with van der Waals surface area (Å²) in [6, 6.07) is 26.4. The molecule has 2 amide bonds. The van der Waals surface area contributed by atoms with E-state index in [2.05, 4.69) is 0 Å². The Labute approximate surface area is 308 Å². The van der Waals surface area contributed by atoms with Gasteiger partial charge in [-0.05, 0) is 78.6 Å². The highest BCUT2D eigenvalue weighted by Crippen LogP contribution is 2.38. The Morgan fingerprint density at radius 3 is 1.54 bits per heavy atom. The Kier molecular flexibility index (Phi) is 11.5. The minimum absolute atomic E-state index is 0.00285. The van der Waals surface area contributed by atoms with Gasteiger partial charge in [0.05, 0.1) is 41.8 Å². The molecule has 3 aromatic carbocycles. The average Bonchev–Trinajstić information content (AvgIpc) is 3.46. The van der Waals surface area contributed by atoms with E-state index in [9.17, 15) is 18.0 Å². The second-order valence-corrected chi connectivity index (χ2v) is 17.7. The molecule has 11 nitrogen and oxygen atoms in total. The molecule has 52 heavy (non-hydrogen) atoms. The van der Waals surface area contributed by atoms with Crippen LogP contribution in [-0.2, 0) is 41.9 Å². The summed E-state index contributed by atoms with van der Waals surface area (Å²) in [5.74, 6) is 0. The predicted molar refractivity (Wildman–Crippen MR) is 198 cm³/mol. The fourth-order valence-electron chi connectivity index (χ4n) is 7.35. The number of sulfone groups is 1. The molecule has 0 radical (unpaired) electrons. The van der Waals surface area contributed by atoms with E-state index in [0.29, 0.717) is 19.7 Å². The van der Waals surface area contributed by atoms with Gasteiger partial charge >= 0.3 is 12.2 Å². The Morgan fingerprint density at radius 2 is 1.12 bits per heavy atom. The van der Waals surface area contributed by atoms with Crippen molar-refractivity contribution in [2.75, 3.05) is 19.8 Å². The molecule has 0 bridgehead atoms. The highest BCUT2D eigenvalue weighted by atomic mass is 32.2. The summed E-state index contributed by atoms with van der Waals surface area (Å²) in [5.41, 5.74) is -3.22. The van der Waals surface area contributed by atoms with E-state index in [1.54, 1.807) is 50.8 Å². The van der Waals surface area contributed by atoms with E-state index in [4.69, 9.17) is 18.9 Å². The topological polar surface area (TPSA) is 115 Å². The minimum Gasteiger partial charge on any atom is -0.449 e. The zero-order valence-corrected chi connectivity index (χ0v) is 32.4. The molecule has 2 atom stereocenters. The molecule has 2 aliphatic heterocycles. The van der Waals surface area contributed by atoms with Gasteiger partial charge in [0.1, 0.15) is 11.4 Å². The number of rotatable bonds is 12. The third-order valence-corrected chi connectivity index (χ3v) is 11.6. The molecule has 2 fully saturated rings. The van der Waals surface area contributed by atoms with Gasteiger partial charge < -0.3 is 18.9 Å². The van der Waals surface area contributed by atoms with Gasteiger partial charge in [-0.3, -0.25) is 14.7 Å². The van der Waals surface area contributed by atoms with E-state index < -0.39 is 56.0 Å². The Balaban J connectivity index is 1.59. The molecule has 12 heteroatoms. The van der Waals surface area contributed by atoms with Gasteiger partial charge in [0, 0.05) is 19.5 Å². The molecular weight excluding hydrogens is 683 g/mol. The van der Waals surface area contributed by atoms with Gasteiger partial charge in [-0.15, -0.1) is 0 Å². The lowest BCUT2D eigenvalue weighted by Gasteiger charge is -2.41. The first-order valence-electron chi connectivity index (χ1n) is 17.7. The van der Waals surface area contributed by atoms with E-state index in [0.717, 1.165) is 11.1 Å².